The molecule has 0 aromatic heterocycles. The van der Waals surface area contributed by atoms with Crippen LogP contribution in [-0.4, -0.2) is 126 Å². The van der Waals surface area contributed by atoms with E-state index in [0.717, 1.165) is 96.3 Å². The van der Waals surface area contributed by atoms with E-state index in [2.05, 4.69) is 119 Å². The molecule has 10 heteroatoms. The predicted octanol–water partition coefficient (Wildman–Crippen LogP) is 6.82. The van der Waals surface area contributed by atoms with E-state index in [1.54, 1.807) is 4.90 Å². The molecule has 2 N–H and O–H groups in total. The molecule has 0 radical (unpaired) electrons. The Kier molecular flexibility index (Phi) is 10.5. The zero-order chi connectivity index (χ0) is 39.3. The monoisotopic (exact) mass is 763 g/mol. The van der Waals surface area contributed by atoms with Crippen LogP contribution < -0.4 is 5.73 Å². The summed E-state index contributed by atoms with van der Waals surface area (Å²) < 4.78 is 0. The molecule has 5 aliphatic carbocycles. The van der Waals surface area contributed by atoms with Crippen LogP contribution in [0, 0.1) is 23.2 Å². The molecule has 2 saturated heterocycles. The molecular formula is C46H66N8O2. The van der Waals surface area contributed by atoms with Crippen molar-refractivity contribution in [2.75, 3.05) is 67.5 Å². The number of urea groups is 2. The van der Waals surface area contributed by atoms with Crippen molar-refractivity contribution in [3.05, 3.63) is 71.8 Å². The van der Waals surface area contributed by atoms with Gasteiger partial charge >= 0.3 is 12.1 Å². The highest BCUT2D eigenvalue weighted by Crippen LogP contribution is 2.52. The van der Waals surface area contributed by atoms with Crippen LogP contribution in [0.25, 0.3) is 0 Å². The molecule has 0 unspecified atom stereocenters. The minimum Gasteiger partial charge on any atom is -0.324 e. The van der Waals surface area contributed by atoms with Gasteiger partial charge in [-0.1, -0.05) is 60.7 Å². The highest BCUT2D eigenvalue weighted by molar-refractivity contribution is 5.79. The van der Waals surface area contributed by atoms with Crippen LogP contribution in [0.1, 0.15) is 101 Å². The number of nitrogens with two attached hydrogens (primary N) is 1. The lowest BCUT2D eigenvalue weighted by Gasteiger charge is -2.51. The fraction of sp³-hybridized carbons (Fsp3) is 0.674. The average Bonchev–Trinajstić information content (AvgIpc) is 4.12. The molecule has 2 heterocycles. The van der Waals surface area contributed by atoms with Gasteiger partial charge in [-0.2, -0.15) is 5.26 Å². The third-order valence-corrected chi connectivity index (χ3v) is 15.4. The van der Waals surface area contributed by atoms with Crippen molar-refractivity contribution in [2.45, 2.75) is 118 Å². The Morgan fingerprint density at radius 2 is 1.02 bits per heavy atom. The van der Waals surface area contributed by atoms with Gasteiger partial charge in [-0.25, -0.2) is 9.59 Å². The quantitative estimate of drug-likeness (QED) is 0.252. The lowest BCUT2D eigenvalue weighted by Crippen LogP contribution is -2.55. The maximum Gasteiger partial charge on any atom is 0.321 e. The number of nitriles is 1. The van der Waals surface area contributed by atoms with Gasteiger partial charge in [0.1, 0.15) is 6.54 Å². The maximum atomic E-state index is 13.4. The number of hydrogen-bond donors (Lipinski definition) is 1. The standard InChI is InChI=1S/C24H36N4O.C22H30N4O/c1-26(2)24(20-6-4-3-5-7-20)14-12-23(13-15-24)18-27(17-22(25)10-11-22)21(29)28(23)16-19-8-9-19;1-24(2)22(19-6-4-3-5-7-19)12-10-21(11-13-22)17-25(15-14-23)20(27)26(21)16-18-8-9-18/h3-7,19H,8-18,25H2,1-2H3;3-7,18H,8-13,15-17H2,1-2H3. The second kappa shape index (κ2) is 14.9. The first-order valence-electron chi connectivity index (χ1n) is 21.6. The minimum absolute atomic E-state index is 0.000780. The zero-order valence-electron chi connectivity index (χ0n) is 34.6. The van der Waals surface area contributed by atoms with E-state index in [1.165, 1.54) is 36.8 Å². The Labute approximate surface area is 335 Å². The molecule has 7 fully saturated rings. The molecule has 10 nitrogen and oxygen atoms in total. The third-order valence-electron chi connectivity index (χ3n) is 15.4. The molecule has 2 aliphatic heterocycles. The van der Waals surface area contributed by atoms with Gasteiger partial charge in [0.25, 0.3) is 0 Å². The molecule has 4 amide bonds. The first-order chi connectivity index (χ1) is 26.9. The van der Waals surface area contributed by atoms with Crippen LogP contribution in [0.15, 0.2) is 60.7 Å². The van der Waals surface area contributed by atoms with Crippen LogP contribution in [-0.2, 0) is 11.1 Å². The summed E-state index contributed by atoms with van der Waals surface area (Å²) in [5.41, 5.74) is 9.08. The number of amides is 4. The van der Waals surface area contributed by atoms with Gasteiger partial charge in [0.2, 0.25) is 0 Å². The van der Waals surface area contributed by atoms with Gasteiger partial charge in [-0.05, 0) is 141 Å². The summed E-state index contributed by atoms with van der Waals surface area (Å²) in [7, 11) is 8.78. The van der Waals surface area contributed by atoms with Crippen molar-refractivity contribution in [3.8, 4) is 6.07 Å². The number of nitrogens with zero attached hydrogens (tertiary/aromatic N) is 7. The Morgan fingerprint density at radius 1 is 0.625 bits per heavy atom. The lowest BCUT2D eigenvalue weighted by molar-refractivity contribution is 0.0232. The Bertz CT molecular complexity index is 1750. The second-order valence-corrected chi connectivity index (χ2v) is 19.4. The van der Waals surface area contributed by atoms with Crippen LogP contribution in [0.3, 0.4) is 0 Å². The number of carbonyl (C=O) groups excluding carboxylic acids is 2. The van der Waals surface area contributed by atoms with E-state index < -0.39 is 0 Å². The zero-order valence-corrected chi connectivity index (χ0v) is 34.6. The van der Waals surface area contributed by atoms with Gasteiger partial charge in [0, 0.05) is 49.3 Å². The summed E-state index contributed by atoms with van der Waals surface area (Å²) in [6.45, 7) is 4.36. The van der Waals surface area contributed by atoms with Crippen molar-refractivity contribution in [1.82, 2.24) is 29.4 Å². The fourth-order valence-corrected chi connectivity index (χ4v) is 11.1. The highest BCUT2D eigenvalue weighted by Gasteiger charge is 2.57. The van der Waals surface area contributed by atoms with E-state index in [1.807, 2.05) is 0 Å². The predicted molar refractivity (Wildman–Crippen MR) is 221 cm³/mol. The van der Waals surface area contributed by atoms with Gasteiger partial charge in [0.05, 0.1) is 17.1 Å². The fourth-order valence-electron chi connectivity index (χ4n) is 11.1. The normalized spacial score (nSPS) is 32.4. The van der Waals surface area contributed by atoms with Crippen molar-refractivity contribution in [1.29, 1.82) is 5.26 Å². The van der Waals surface area contributed by atoms with E-state index >= 15 is 0 Å². The van der Waals surface area contributed by atoms with Crippen molar-refractivity contribution >= 4 is 12.1 Å². The average molecular weight is 763 g/mol. The van der Waals surface area contributed by atoms with Gasteiger partial charge in [-0.3, -0.25) is 9.80 Å². The van der Waals surface area contributed by atoms with Crippen LogP contribution in [0.2, 0.25) is 0 Å². The molecule has 302 valence electrons. The first kappa shape index (κ1) is 39.2. The SMILES string of the molecule is CN(C)C1(c2ccccc2)CCC2(CC1)CN(CC#N)C(=O)N2CC1CC1.CN(C)C1(c2ccccc2)CCC2(CC1)CN(CC1(N)CC1)C(=O)N2CC1CC1. The molecule has 5 saturated carbocycles. The summed E-state index contributed by atoms with van der Waals surface area (Å²) in [5, 5.41) is 9.15. The van der Waals surface area contributed by atoms with Crippen LogP contribution in [0.4, 0.5) is 9.59 Å². The minimum atomic E-state index is -0.113. The smallest absolute Gasteiger partial charge is 0.321 e. The summed E-state index contributed by atoms with van der Waals surface area (Å²) in [6, 6.07) is 24.3. The van der Waals surface area contributed by atoms with Gasteiger partial charge < -0.3 is 25.3 Å². The Hall–Kier alpha value is -3.65. The number of benzene rings is 2. The molecule has 2 aromatic rings. The van der Waals surface area contributed by atoms with Crippen LogP contribution >= 0.6 is 0 Å². The van der Waals surface area contributed by atoms with E-state index in [0.29, 0.717) is 12.5 Å². The first-order valence-corrected chi connectivity index (χ1v) is 21.6. The molecule has 56 heavy (non-hydrogen) atoms. The maximum absolute atomic E-state index is 13.4. The van der Waals surface area contributed by atoms with Crippen molar-refractivity contribution in [2.24, 2.45) is 17.6 Å². The second-order valence-electron chi connectivity index (χ2n) is 19.4. The molecule has 0 atom stereocenters. The largest absolute Gasteiger partial charge is 0.324 e. The molecular weight excluding hydrogens is 697 g/mol. The topological polar surface area (TPSA) is 103 Å². The van der Waals surface area contributed by atoms with Crippen molar-refractivity contribution in [3.63, 3.8) is 0 Å². The van der Waals surface area contributed by atoms with Gasteiger partial charge in [-0.15, -0.1) is 0 Å². The number of rotatable bonds is 11. The summed E-state index contributed by atoms with van der Waals surface area (Å²) >= 11 is 0. The Balaban J connectivity index is 0.000000158. The van der Waals surface area contributed by atoms with Crippen LogP contribution in [0.5, 0.6) is 0 Å². The highest BCUT2D eigenvalue weighted by atomic mass is 16.2. The lowest BCUT2D eigenvalue weighted by atomic mass is 9.68. The van der Waals surface area contributed by atoms with Crippen molar-refractivity contribution < 1.29 is 9.59 Å². The Morgan fingerprint density at radius 3 is 1.38 bits per heavy atom. The molecule has 9 rings (SSSR count). The van der Waals surface area contributed by atoms with E-state index in [9.17, 15) is 9.59 Å². The summed E-state index contributed by atoms with van der Waals surface area (Å²) in [6.07, 6.45) is 15.6. The molecule has 2 aromatic carbocycles. The molecule has 0 bridgehead atoms. The number of carbonyl (C=O) groups is 2. The molecule has 2 spiro atoms. The number of hydrogen-bond acceptors (Lipinski definition) is 6. The van der Waals surface area contributed by atoms with Gasteiger partial charge in [0.15, 0.2) is 0 Å². The van der Waals surface area contributed by atoms with E-state index in [4.69, 9.17) is 11.0 Å². The van der Waals surface area contributed by atoms with E-state index in [-0.39, 0.29) is 46.3 Å². The summed E-state index contributed by atoms with van der Waals surface area (Å²) in [5.74, 6) is 1.39. The summed E-state index contributed by atoms with van der Waals surface area (Å²) in [4.78, 5) is 39.5. The third kappa shape index (κ3) is 7.33. The molecule has 7 aliphatic rings.